The van der Waals surface area contributed by atoms with E-state index in [0.29, 0.717) is 0 Å². The number of pyridine rings is 1. The van der Waals surface area contributed by atoms with Crippen LogP contribution < -0.4 is 4.90 Å². The first-order valence-electron chi connectivity index (χ1n) is 8.11. The largest absolute Gasteiger partial charge is 0.377 e. The molecule has 0 saturated heterocycles. The first-order valence-corrected chi connectivity index (χ1v) is 8.11. The number of hydrogen-bond donors (Lipinski definition) is 0. The fourth-order valence-corrected chi connectivity index (χ4v) is 3.33. The van der Waals surface area contributed by atoms with E-state index in [4.69, 9.17) is 0 Å². The lowest BCUT2D eigenvalue weighted by atomic mass is 9.80. The zero-order valence-electron chi connectivity index (χ0n) is 13.9. The van der Waals surface area contributed by atoms with E-state index in [0.717, 1.165) is 5.56 Å². The minimum Gasteiger partial charge on any atom is -0.377 e. The Kier molecular flexibility index (Phi) is 3.58. The predicted octanol–water partition coefficient (Wildman–Crippen LogP) is 4.59. The van der Waals surface area contributed by atoms with Gasteiger partial charge < -0.3 is 4.90 Å². The second-order valence-corrected chi connectivity index (χ2v) is 6.17. The number of anilines is 1. The Morgan fingerprint density at radius 2 is 1.83 bits per heavy atom. The molecule has 0 saturated carbocycles. The van der Waals surface area contributed by atoms with Crippen molar-refractivity contribution in [3.8, 4) is 0 Å². The van der Waals surface area contributed by atoms with Gasteiger partial charge in [-0.1, -0.05) is 35.3 Å². The molecule has 0 N–H and O–H groups in total. The molecule has 0 fully saturated rings. The van der Waals surface area contributed by atoms with Gasteiger partial charge in [-0.05, 0) is 11.6 Å². The molecule has 0 radical (unpaired) electrons. The topological polar surface area (TPSA) is 16.1 Å². The van der Waals surface area contributed by atoms with Crippen LogP contribution in [0, 0.1) is 5.92 Å². The third-order valence-electron chi connectivity index (χ3n) is 4.47. The summed E-state index contributed by atoms with van der Waals surface area (Å²) in [6.45, 7) is 0. The Morgan fingerprint density at radius 3 is 2.71 bits per heavy atom. The van der Waals surface area contributed by atoms with Crippen LogP contribution in [0.5, 0.6) is 0 Å². The van der Waals surface area contributed by atoms with Crippen molar-refractivity contribution in [2.75, 3.05) is 19.0 Å². The first-order chi connectivity index (χ1) is 11.8. The molecular weight excluding hydrogens is 292 g/mol. The summed E-state index contributed by atoms with van der Waals surface area (Å²) in [5, 5.41) is 0. The zero-order valence-corrected chi connectivity index (χ0v) is 13.9. The van der Waals surface area contributed by atoms with Crippen molar-refractivity contribution in [3.05, 3.63) is 107 Å². The summed E-state index contributed by atoms with van der Waals surface area (Å²) < 4.78 is 0. The summed E-state index contributed by atoms with van der Waals surface area (Å²) in [4.78, 5) is 6.49. The average molecular weight is 311 g/mol. The number of aromatic nitrogens is 1. The highest BCUT2D eigenvalue weighted by molar-refractivity contribution is 5.93. The molecule has 0 unspecified atom stereocenters. The summed E-state index contributed by atoms with van der Waals surface area (Å²) >= 11 is 0. The monoisotopic (exact) mass is 311 g/mol. The molecule has 1 heterocycles. The van der Waals surface area contributed by atoms with E-state index in [2.05, 4.69) is 90.8 Å². The number of nitrogens with zero attached hydrogens (tertiary/aromatic N) is 2. The summed E-state index contributed by atoms with van der Waals surface area (Å²) in [6, 6.07) is 2.06. The predicted molar refractivity (Wildman–Crippen MR) is 101 cm³/mol. The highest BCUT2D eigenvalue weighted by Gasteiger charge is 2.19. The van der Waals surface area contributed by atoms with Crippen LogP contribution in [-0.2, 0) is 0 Å². The van der Waals surface area contributed by atoms with Gasteiger partial charge in [0.1, 0.15) is 0 Å². The van der Waals surface area contributed by atoms with Gasteiger partial charge in [0.05, 0.1) is 0 Å². The SMILES string of the molecule is CN(C)c1ccncc1C1=CC=C/C1=C1/C=CC=C2C=CC=C[C-]21. The maximum absolute atomic E-state index is 4.35. The molecule has 2 heteroatoms. The lowest BCUT2D eigenvalue weighted by Gasteiger charge is -2.31. The van der Waals surface area contributed by atoms with Crippen molar-refractivity contribution >= 4 is 11.3 Å². The number of allylic oxidation sites excluding steroid dienone is 14. The van der Waals surface area contributed by atoms with Crippen LogP contribution in [0.25, 0.3) is 5.57 Å². The minimum atomic E-state index is 1.16. The highest BCUT2D eigenvalue weighted by atomic mass is 15.1. The van der Waals surface area contributed by atoms with Crippen LogP contribution in [0.15, 0.2) is 95.9 Å². The molecule has 1 aromatic rings. The van der Waals surface area contributed by atoms with Gasteiger partial charge >= 0.3 is 0 Å². The summed E-state index contributed by atoms with van der Waals surface area (Å²) in [6.07, 6.45) is 25.3. The molecule has 2 nitrogen and oxygen atoms in total. The van der Waals surface area contributed by atoms with Crippen LogP contribution in [0.1, 0.15) is 5.56 Å². The molecule has 24 heavy (non-hydrogen) atoms. The molecular formula is C22H19N2-. The van der Waals surface area contributed by atoms with E-state index in [9.17, 15) is 0 Å². The Hall–Kier alpha value is -3.00. The summed E-state index contributed by atoms with van der Waals surface area (Å²) in [5.74, 6) is 1.28. The summed E-state index contributed by atoms with van der Waals surface area (Å²) in [5.41, 5.74) is 7.35. The number of hydrogen-bond acceptors (Lipinski definition) is 2. The second kappa shape index (κ2) is 5.89. The molecule has 118 valence electrons. The fourth-order valence-electron chi connectivity index (χ4n) is 3.33. The van der Waals surface area contributed by atoms with E-state index >= 15 is 0 Å². The van der Waals surface area contributed by atoms with Gasteiger partial charge in [-0.15, -0.1) is 48.1 Å². The van der Waals surface area contributed by atoms with Gasteiger partial charge in [0.2, 0.25) is 0 Å². The van der Waals surface area contributed by atoms with Gasteiger partial charge in [-0.2, -0.15) is 0 Å². The van der Waals surface area contributed by atoms with E-state index in [-0.39, 0.29) is 0 Å². The van der Waals surface area contributed by atoms with E-state index in [1.165, 1.54) is 33.9 Å². The van der Waals surface area contributed by atoms with Crippen LogP contribution in [0.2, 0.25) is 0 Å². The highest BCUT2D eigenvalue weighted by Crippen LogP contribution is 2.42. The minimum absolute atomic E-state index is 1.16. The van der Waals surface area contributed by atoms with Gasteiger partial charge in [-0.3, -0.25) is 4.98 Å². The van der Waals surface area contributed by atoms with Gasteiger partial charge in [0.15, 0.2) is 0 Å². The lowest BCUT2D eigenvalue weighted by Crippen LogP contribution is -2.12. The van der Waals surface area contributed by atoms with Crippen molar-refractivity contribution in [2.45, 2.75) is 0 Å². The normalized spacial score (nSPS) is 21.0. The summed E-state index contributed by atoms with van der Waals surface area (Å²) in [7, 11) is 4.14. The molecule has 0 aromatic carbocycles. The number of fused-ring (bicyclic) bond motifs is 1. The average Bonchev–Trinajstić information content (AvgIpc) is 3.10. The third kappa shape index (κ3) is 2.37. The molecule has 0 aliphatic heterocycles. The van der Waals surface area contributed by atoms with Crippen LogP contribution in [0.4, 0.5) is 5.69 Å². The molecule has 0 amide bonds. The Balaban J connectivity index is 1.83. The van der Waals surface area contributed by atoms with Crippen LogP contribution >= 0.6 is 0 Å². The van der Waals surface area contributed by atoms with Gasteiger partial charge in [-0.25, -0.2) is 0 Å². The molecule has 3 aliphatic rings. The molecule has 1 aromatic heterocycles. The molecule has 0 spiro atoms. The van der Waals surface area contributed by atoms with E-state index in [1.54, 1.807) is 0 Å². The Morgan fingerprint density at radius 1 is 0.958 bits per heavy atom. The van der Waals surface area contributed by atoms with Crippen molar-refractivity contribution in [1.29, 1.82) is 0 Å². The maximum Gasteiger partial charge on any atom is 0.0466 e. The lowest BCUT2D eigenvalue weighted by molar-refractivity contribution is 1.11. The first kappa shape index (κ1) is 14.6. The van der Waals surface area contributed by atoms with E-state index in [1.807, 2.05) is 12.4 Å². The second-order valence-electron chi connectivity index (χ2n) is 6.17. The zero-order chi connectivity index (χ0) is 16.5. The standard InChI is InChI=1S/C22H19N2/c1-24(2)22-13-14-23-15-21(22)20-12-6-11-19(20)18-10-5-8-16-7-3-4-9-17(16)18/h3-15H,1-2H3/q-1/b19-18+. The number of rotatable bonds is 2. The molecule has 3 aliphatic carbocycles. The molecule has 0 bridgehead atoms. The van der Waals surface area contributed by atoms with E-state index < -0.39 is 0 Å². The third-order valence-corrected chi connectivity index (χ3v) is 4.47. The quantitative estimate of drug-likeness (QED) is 0.742. The van der Waals surface area contributed by atoms with Crippen LogP contribution in [0.3, 0.4) is 0 Å². The van der Waals surface area contributed by atoms with Gasteiger partial charge in [0, 0.05) is 37.7 Å². The Labute approximate surface area is 143 Å². The van der Waals surface area contributed by atoms with Crippen molar-refractivity contribution in [3.63, 3.8) is 0 Å². The van der Waals surface area contributed by atoms with Crippen molar-refractivity contribution in [1.82, 2.24) is 4.98 Å². The Bertz CT molecular complexity index is 886. The molecule has 4 rings (SSSR count). The fraction of sp³-hybridized carbons (Fsp3) is 0.0909. The van der Waals surface area contributed by atoms with Crippen LogP contribution in [-0.4, -0.2) is 19.1 Å². The maximum atomic E-state index is 4.35. The van der Waals surface area contributed by atoms with Gasteiger partial charge in [0.25, 0.3) is 0 Å². The van der Waals surface area contributed by atoms with Crippen molar-refractivity contribution in [2.24, 2.45) is 0 Å². The molecule has 0 atom stereocenters. The smallest absolute Gasteiger partial charge is 0.0466 e. The van der Waals surface area contributed by atoms with Crippen molar-refractivity contribution < 1.29 is 0 Å².